The summed E-state index contributed by atoms with van der Waals surface area (Å²) in [6.07, 6.45) is 0. The Bertz CT molecular complexity index is 481. The molecular formula is C11H16N2O3S. The summed E-state index contributed by atoms with van der Waals surface area (Å²) in [6.45, 7) is 1.77. The third kappa shape index (κ3) is 2.59. The van der Waals surface area contributed by atoms with Crippen molar-refractivity contribution < 1.29 is 13.2 Å². The summed E-state index contributed by atoms with van der Waals surface area (Å²) in [6, 6.07) is 6.83. The van der Waals surface area contributed by atoms with Crippen molar-refractivity contribution in [1.82, 2.24) is 4.31 Å². The molecule has 5 nitrogen and oxygen atoms in total. The molecule has 17 heavy (non-hydrogen) atoms. The number of anilines is 1. The van der Waals surface area contributed by atoms with E-state index in [1.165, 1.54) is 4.31 Å². The molecule has 0 saturated carbocycles. The van der Waals surface area contributed by atoms with Crippen molar-refractivity contribution in [2.75, 3.05) is 38.7 Å². The van der Waals surface area contributed by atoms with Gasteiger partial charge in [0, 0.05) is 25.8 Å². The van der Waals surface area contributed by atoms with Crippen LogP contribution >= 0.6 is 0 Å². The van der Waals surface area contributed by atoms with E-state index in [-0.39, 0.29) is 0 Å². The lowest BCUT2D eigenvalue weighted by Gasteiger charge is -2.26. The minimum Gasteiger partial charge on any atom is -0.388 e. The molecule has 0 amide bonds. The van der Waals surface area contributed by atoms with Crippen LogP contribution in [-0.4, -0.2) is 46.1 Å². The number of rotatable bonds is 3. The highest BCUT2D eigenvalue weighted by molar-refractivity contribution is 7.89. The summed E-state index contributed by atoms with van der Waals surface area (Å²) < 4.78 is 31.2. The number of sulfonamides is 1. The molecule has 1 aromatic carbocycles. The summed E-state index contributed by atoms with van der Waals surface area (Å²) in [5.41, 5.74) is 0.791. The molecule has 1 N–H and O–H groups in total. The first-order chi connectivity index (χ1) is 8.14. The van der Waals surface area contributed by atoms with Crippen LogP contribution in [0.1, 0.15) is 0 Å². The molecule has 0 spiro atoms. The van der Waals surface area contributed by atoms with Gasteiger partial charge in [0.25, 0.3) is 0 Å². The zero-order chi connectivity index (χ0) is 12.3. The molecule has 1 aromatic rings. The number of hydrogen-bond donors (Lipinski definition) is 1. The van der Waals surface area contributed by atoms with Crippen LogP contribution in [0.15, 0.2) is 29.2 Å². The van der Waals surface area contributed by atoms with Gasteiger partial charge in [-0.1, -0.05) is 6.07 Å². The minimum absolute atomic E-state index is 0.325. The molecule has 0 unspecified atom stereocenters. The lowest BCUT2D eigenvalue weighted by atomic mass is 10.3. The number of ether oxygens (including phenoxy) is 1. The van der Waals surface area contributed by atoms with Crippen LogP contribution in [0.4, 0.5) is 5.69 Å². The van der Waals surface area contributed by atoms with Gasteiger partial charge in [-0.2, -0.15) is 4.31 Å². The Balaban J connectivity index is 2.29. The van der Waals surface area contributed by atoms with Crippen molar-refractivity contribution in [3.8, 4) is 0 Å². The van der Waals surface area contributed by atoms with Crippen molar-refractivity contribution in [3.05, 3.63) is 24.3 Å². The summed E-state index contributed by atoms with van der Waals surface area (Å²) in [4.78, 5) is 0.325. The number of nitrogens with zero attached hydrogens (tertiary/aromatic N) is 1. The average molecular weight is 256 g/mol. The molecule has 1 aliphatic rings. The molecule has 0 bridgehead atoms. The molecule has 1 saturated heterocycles. The van der Waals surface area contributed by atoms with Gasteiger partial charge in [-0.15, -0.1) is 0 Å². The summed E-state index contributed by atoms with van der Waals surface area (Å²) >= 11 is 0. The van der Waals surface area contributed by atoms with Gasteiger partial charge in [-0.05, 0) is 18.2 Å². The fourth-order valence-corrected chi connectivity index (χ4v) is 3.20. The molecule has 94 valence electrons. The highest BCUT2D eigenvalue weighted by Crippen LogP contribution is 2.20. The van der Waals surface area contributed by atoms with Gasteiger partial charge >= 0.3 is 0 Å². The molecule has 1 heterocycles. The summed E-state index contributed by atoms with van der Waals surface area (Å²) in [5.74, 6) is 0. The van der Waals surface area contributed by atoms with E-state index in [9.17, 15) is 8.42 Å². The van der Waals surface area contributed by atoms with Gasteiger partial charge in [0.2, 0.25) is 10.0 Å². The van der Waals surface area contributed by atoms with Crippen molar-refractivity contribution in [3.63, 3.8) is 0 Å². The van der Waals surface area contributed by atoms with Crippen LogP contribution in [0.5, 0.6) is 0 Å². The highest BCUT2D eigenvalue weighted by Gasteiger charge is 2.26. The van der Waals surface area contributed by atoms with Crippen LogP contribution < -0.4 is 5.32 Å². The van der Waals surface area contributed by atoms with Crippen LogP contribution in [0, 0.1) is 0 Å². The Labute approximate surface area is 101 Å². The SMILES string of the molecule is CNc1cccc(S(=O)(=O)N2CCOCC2)c1. The molecule has 0 aromatic heterocycles. The van der Waals surface area contributed by atoms with E-state index in [1.54, 1.807) is 25.2 Å². The molecule has 6 heteroatoms. The van der Waals surface area contributed by atoms with Gasteiger partial charge in [0.1, 0.15) is 0 Å². The second-order valence-electron chi connectivity index (χ2n) is 3.79. The first-order valence-electron chi connectivity index (χ1n) is 5.50. The fraction of sp³-hybridized carbons (Fsp3) is 0.455. The Hall–Kier alpha value is -1.11. The maximum atomic E-state index is 12.3. The van der Waals surface area contributed by atoms with Gasteiger partial charge in [0.15, 0.2) is 0 Å². The van der Waals surface area contributed by atoms with Crippen LogP contribution in [0.2, 0.25) is 0 Å². The predicted octanol–water partition coefficient (Wildman–Crippen LogP) is 0.749. The van der Waals surface area contributed by atoms with Gasteiger partial charge in [0.05, 0.1) is 18.1 Å². The van der Waals surface area contributed by atoms with Crippen molar-refractivity contribution in [1.29, 1.82) is 0 Å². The number of morpholine rings is 1. The zero-order valence-electron chi connectivity index (χ0n) is 9.72. The first-order valence-corrected chi connectivity index (χ1v) is 6.94. The Morgan fingerprint density at radius 3 is 2.65 bits per heavy atom. The van der Waals surface area contributed by atoms with Crippen LogP contribution in [-0.2, 0) is 14.8 Å². The van der Waals surface area contributed by atoms with Crippen molar-refractivity contribution >= 4 is 15.7 Å². The molecule has 2 rings (SSSR count). The Morgan fingerprint density at radius 1 is 1.29 bits per heavy atom. The maximum Gasteiger partial charge on any atom is 0.243 e. The Kier molecular flexibility index (Phi) is 3.66. The molecule has 1 aliphatic heterocycles. The number of nitrogens with one attached hydrogen (secondary N) is 1. The first kappa shape index (κ1) is 12.3. The molecular weight excluding hydrogens is 240 g/mol. The van der Waals surface area contributed by atoms with E-state index in [2.05, 4.69) is 5.32 Å². The average Bonchev–Trinajstić information content (AvgIpc) is 2.40. The van der Waals surface area contributed by atoms with E-state index in [1.807, 2.05) is 6.07 Å². The lowest BCUT2D eigenvalue weighted by molar-refractivity contribution is 0.0730. The third-order valence-corrected chi connectivity index (χ3v) is 4.63. The van der Waals surface area contributed by atoms with Crippen molar-refractivity contribution in [2.24, 2.45) is 0 Å². The van der Waals surface area contributed by atoms with E-state index in [0.29, 0.717) is 31.2 Å². The van der Waals surface area contributed by atoms with Crippen molar-refractivity contribution in [2.45, 2.75) is 4.90 Å². The van der Waals surface area contributed by atoms with Crippen LogP contribution in [0.25, 0.3) is 0 Å². The summed E-state index contributed by atoms with van der Waals surface area (Å²) in [7, 11) is -1.62. The topological polar surface area (TPSA) is 58.6 Å². The van der Waals surface area contributed by atoms with E-state index < -0.39 is 10.0 Å². The van der Waals surface area contributed by atoms with E-state index >= 15 is 0 Å². The molecule has 0 aliphatic carbocycles. The number of hydrogen-bond acceptors (Lipinski definition) is 4. The van der Waals surface area contributed by atoms with Crippen LogP contribution in [0.3, 0.4) is 0 Å². The standard InChI is InChI=1S/C11H16N2O3S/c1-12-10-3-2-4-11(9-10)17(14,15)13-5-7-16-8-6-13/h2-4,9,12H,5-8H2,1H3. The smallest absolute Gasteiger partial charge is 0.243 e. The quantitative estimate of drug-likeness (QED) is 0.867. The lowest BCUT2D eigenvalue weighted by Crippen LogP contribution is -2.40. The maximum absolute atomic E-state index is 12.3. The monoisotopic (exact) mass is 256 g/mol. The van der Waals surface area contributed by atoms with Gasteiger partial charge in [-0.25, -0.2) is 8.42 Å². The highest BCUT2D eigenvalue weighted by atomic mass is 32.2. The molecule has 0 atom stereocenters. The second-order valence-corrected chi connectivity index (χ2v) is 5.73. The normalized spacial score (nSPS) is 17.9. The fourth-order valence-electron chi connectivity index (χ4n) is 1.75. The number of benzene rings is 1. The second kappa shape index (κ2) is 5.03. The van der Waals surface area contributed by atoms with Gasteiger partial charge in [-0.3, -0.25) is 0 Å². The zero-order valence-corrected chi connectivity index (χ0v) is 10.5. The van der Waals surface area contributed by atoms with E-state index in [0.717, 1.165) is 5.69 Å². The predicted molar refractivity (Wildman–Crippen MR) is 65.6 cm³/mol. The third-order valence-electron chi connectivity index (χ3n) is 2.73. The summed E-state index contributed by atoms with van der Waals surface area (Å²) in [5, 5.41) is 2.93. The minimum atomic E-state index is -3.38. The Morgan fingerprint density at radius 2 is 2.00 bits per heavy atom. The molecule has 0 radical (unpaired) electrons. The van der Waals surface area contributed by atoms with Gasteiger partial charge < -0.3 is 10.1 Å². The van der Waals surface area contributed by atoms with E-state index in [4.69, 9.17) is 4.74 Å². The molecule has 1 fully saturated rings. The largest absolute Gasteiger partial charge is 0.388 e.